The van der Waals surface area contributed by atoms with E-state index in [0.29, 0.717) is 16.1 Å². The zero-order valence-corrected chi connectivity index (χ0v) is 17.3. The third-order valence-corrected chi connectivity index (χ3v) is 5.46. The Morgan fingerprint density at radius 1 is 1.37 bits per heavy atom. The first-order valence-electron chi connectivity index (χ1n) is 9.04. The van der Waals surface area contributed by atoms with Crippen LogP contribution in [0, 0.1) is 6.92 Å². The fourth-order valence-electron chi connectivity index (χ4n) is 3.05. The maximum Gasteiger partial charge on any atom is 0.342 e. The van der Waals surface area contributed by atoms with E-state index in [1.807, 2.05) is 39.8 Å². The second kappa shape index (κ2) is 7.44. The van der Waals surface area contributed by atoms with Crippen LogP contribution in [0.5, 0.6) is 5.75 Å². The van der Waals surface area contributed by atoms with Gasteiger partial charge in [-0.25, -0.2) is 9.79 Å². The monoisotopic (exact) mass is 386 g/mol. The molecule has 1 aromatic heterocycles. The van der Waals surface area contributed by atoms with Crippen molar-refractivity contribution in [1.82, 2.24) is 4.90 Å². The van der Waals surface area contributed by atoms with Crippen LogP contribution in [0.2, 0.25) is 0 Å². The van der Waals surface area contributed by atoms with Crippen molar-refractivity contribution in [2.45, 2.75) is 46.3 Å². The number of benzene rings is 1. The summed E-state index contributed by atoms with van der Waals surface area (Å²) in [5, 5.41) is 10.7. The average molecular weight is 387 g/mol. The summed E-state index contributed by atoms with van der Waals surface area (Å²) >= 11 is 1.53. The van der Waals surface area contributed by atoms with Crippen molar-refractivity contribution in [2.75, 3.05) is 13.6 Å². The van der Waals surface area contributed by atoms with Crippen LogP contribution in [-0.4, -0.2) is 41.4 Å². The second-order valence-corrected chi connectivity index (χ2v) is 9.08. The molecule has 27 heavy (non-hydrogen) atoms. The highest BCUT2D eigenvalue weighted by atomic mass is 32.1. The van der Waals surface area contributed by atoms with E-state index in [-0.39, 0.29) is 11.7 Å². The molecule has 1 N–H and O–H groups in total. The fraction of sp³-hybridized carbons (Fsp3) is 0.429. The molecule has 0 spiro atoms. The Labute approximate surface area is 164 Å². The molecular weight excluding hydrogens is 360 g/mol. The van der Waals surface area contributed by atoms with Gasteiger partial charge in [-0.3, -0.25) is 0 Å². The lowest BCUT2D eigenvalue weighted by Gasteiger charge is -2.23. The van der Waals surface area contributed by atoms with E-state index in [9.17, 15) is 9.90 Å². The summed E-state index contributed by atoms with van der Waals surface area (Å²) in [7, 11) is 2.07. The van der Waals surface area contributed by atoms with E-state index in [2.05, 4.69) is 16.9 Å². The van der Waals surface area contributed by atoms with Gasteiger partial charge in [0, 0.05) is 29.7 Å². The van der Waals surface area contributed by atoms with Crippen molar-refractivity contribution in [3.63, 3.8) is 0 Å². The van der Waals surface area contributed by atoms with Gasteiger partial charge in [0.1, 0.15) is 16.4 Å². The van der Waals surface area contributed by atoms with Crippen molar-refractivity contribution in [3.8, 4) is 5.75 Å². The maximum absolute atomic E-state index is 12.9. The highest BCUT2D eigenvalue weighted by Crippen LogP contribution is 2.39. The van der Waals surface area contributed by atoms with Gasteiger partial charge in [-0.2, -0.15) is 0 Å². The van der Waals surface area contributed by atoms with E-state index < -0.39 is 5.60 Å². The number of hydrogen-bond acceptors (Lipinski definition) is 6. The molecule has 3 rings (SSSR count). The number of thiophene rings is 1. The Hall–Kier alpha value is -2.18. The van der Waals surface area contributed by atoms with Crippen molar-refractivity contribution in [3.05, 3.63) is 45.3 Å². The Bertz CT molecular complexity index is 894. The van der Waals surface area contributed by atoms with Gasteiger partial charge in [0.2, 0.25) is 0 Å². The lowest BCUT2D eigenvalue weighted by Crippen LogP contribution is -2.28. The smallest absolute Gasteiger partial charge is 0.342 e. The lowest BCUT2D eigenvalue weighted by molar-refractivity contribution is 0.00694. The normalized spacial score (nSPS) is 15.1. The van der Waals surface area contributed by atoms with E-state index in [1.54, 1.807) is 12.3 Å². The summed E-state index contributed by atoms with van der Waals surface area (Å²) in [6, 6.07) is 5.37. The molecule has 0 amide bonds. The summed E-state index contributed by atoms with van der Waals surface area (Å²) in [4.78, 5) is 20.8. The number of carbonyl (C=O) groups is 1. The molecule has 0 radical (unpaired) electrons. The van der Waals surface area contributed by atoms with Crippen molar-refractivity contribution in [1.29, 1.82) is 0 Å². The van der Waals surface area contributed by atoms with Crippen LogP contribution >= 0.6 is 11.3 Å². The van der Waals surface area contributed by atoms with Crippen molar-refractivity contribution < 1.29 is 14.6 Å². The van der Waals surface area contributed by atoms with Crippen LogP contribution < -0.4 is 0 Å². The summed E-state index contributed by atoms with van der Waals surface area (Å²) in [5.41, 5.74) is 2.73. The van der Waals surface area contributed by atoms with Gasteiger partial charge in [-0.15, -0.1) is 11.3 Å². The number of aromatic hydroxyl groups is 1. The summed E-state index contributed by atoms with van der Waals surface area (Å²) in [5.74, 6) is -0.158. The van der Waals surface area contributed by atoms with Crippen LogP contribution in [0.1, 0.15) is 52.7 Å². The molecule has 2 heterocycles. The third-order valence-electron chi connectivity index (χ3n) is 4.34. The number of aryl methyl sites for hydroxylation is 1. The number of likely N-dealkylation sites (N-methyl/N-ethyl adjacent to an activating group) is 1. The number of hydrogen-bond donors (Lipinski definition) is 1. The largest absolute Gasteiger partial charge is 0.507 e. The Kier molecular flexibility index (Phi) is 5.40. The molecule has 0 saturated heterocycles. The molecule has 0 atom stereocenters. The number of esters is 1. The van der Waals surface area contributed by atoms with Crippen LogP contribution in [0.15, 0.2) is 23.2 Å². The molecule has 1 aliphatic heterocycles. The predicted octanol–water partition coefficient (Wildman–Crippen LogP) is 4.46. The van der Waals surface area contributed by atoms with Gasteiger partial charge in [0.25, 0.3) is 0 Å². The molecule has 0 unspecified atom stereocenters. The number of ether oxygens (including phenoxy) is 1. The molecule has 6 heteroatoms. The Balaban J connectivity index is 2.02. The number of phenols is 1. The number of nitrogens with zero attached hydrogens (tertiary/aromatic N) is 2. The van der Waals surface area contributed by atoms with Gasteiger partial charge in [-0.1, -0.05) is 11.6 Å². The Morgan fingerprint density at radius 2 is 2.11 bits per heavy atom. The maximum atomic E-state index is 12.9. The number of carbonyl (C=O) groups excluding carboxylic acids is 1. The van der Waals surface area contributed by atoms with Crippen LogP contribution in [0.3, 0.4) is 0 Å². The predicted molar refractivity (Wildman–Crippen MR) is 110 cm³/mol. The highest BCUT2D eigenvalue weighted by Gasteiger charge is 2.29. The van der Waals surface area contributed by atoms with Crippen LogP contribution in [0.25, 0.3) is 0 Å². The topological polar surface area (TPSA) is 62.1 Å². The molecule has 0 fully saturated rings. The Morgan fingerprint density at radius 3 is 2.81 bits per heavy atom. The minimum atomic E-state index is -0.562. The molecular formula is C21H26N2O3S. The van der Waals surface area contributed by atoms with E-state index in [1.165, 1.54) is 11.3 Å². The van der Waals surface area contributed by atoms with Crippen molar-refractivity contribution >= 4 is 28.5 Å². The van der Waals surface area contributed by atoms with Gasteiger partial charge in [0.05, 0.1) is 5.56 Å². The van der Waals surface area contributed by atoms with Gasteiger partial charge in [0.15, 0.2) is 0 Å². The number of aliphatic imine (C=N–C) groups is 1. The third kappa shape index (κ3) is 4.57. The zero-order chi connectivity index (χ0) is 19.8. The summed E-state index contributed by atoms with van der Waals surface area (Å²) < 4.78 is 5.64. The second-order valence-electron chi connectivity index (χ2n) is 7.99. The molecule has 0 saturated carbocycles. The molecule has 0 aliphatic carbocycles. The lowest BCUT2D eigenvalue weighted by atomic mass is 10.0. The molecule has 2 aromatic rings. The minimum Gasteiger partial charge on any atom is -0.507 e. The summed E-state index contributed by atoms with van der Waals surface area (Å²) in [6.45, 7) is 9.27. The SMILES string of the molecule is Cc1ccc(O)c(C=Nc2sc3c(c2C(=O)OC(C)(C)C)CCN(C)C3)c1. The van der Waals surface area contributed by atoms with E-state index in [4.69, 9.17) is 4.74 Å². The fourth-order valence-corrected chi connectivity index (χ4v) is 4.31. The number of phenolic OH excluding ortho intramolecular Hbond substituents is 1. The van der Waals surface area contributed by atoms with Crippen LogP contribution in [-0.2, 0) is 17.7 Å². The molecule has 1 aliphatic rings. The van der Waals surface area contributed by atoms with Gasteiger partial charge in [-0.05, 0) is 58.9 Å². The molecule has 1 aromatic carbocycles. The number of rotatable bonds is 3. The van der Waals surface area contributed by atoms with Crippen LogP contribution in [0.4, 0.5) is 5.00 Å². The highest BCUT2D eigenvalue weighted by molar-refractivity contribution is 7.16. The van der Waals surface area contributed by atoms with Crippen molar-refractivity contribution in [2.24, 2.45) is 4.99 Å². The van der Waals surface area contributed by atoms with E-state index >= 15 is 0 Å². The molecule has 0 bridgehead atoms. The van der Waals surface area contributed by atoms with Gasteiger partial charge >= 0.3 is 5.97 Å². The number of fused-ring (bicyclic) bond motifs is 1. The first-order valence-corrected chi connectivity index (χ1v) is 9.86. The first kappa shape index (κ1) is 19.6. The first-order chi connectivity index (χ1) is 12.6. The molecule has 5 nitrogen and oxygen atoms in total. The van der Waals surface area contributed by atoms with E-state index in [0.717, 1.165) is 35.5 Å². The van der Waals surface area contributed by atoms with Gasteiger partial charge < -0.3 is 14.7 Å². The average Bonchev–Trinajstić information content (AvgIpc) is 2.91. The summed E-state index contributed by atoms with van der Waals surface area (Å²) in [6.07, 6.45) is 2.43. The molecule has 144 valence electrons. The zero-order valence-electron chi connectivity index (χ0n) is 16.5. The quantitative estimate of drug-likeness (QED) is 0.625. The minimum absolute atomic E-state index is 0.171. The standard InChI is InChI=1S/C21H26N2O3S/c1-13-6-7-16(24)14(10-13)11-22-19-18(20(25)26-21(2,3)4)15-8-9-23(5)12-17(15)27-19/h6-7,10-11,24H,8-9,12H2,1-5H3.